The van der Waals surface area contributed by atoms with Crippen LogP contribution in [0.1, 0.15) is 29.8 Å². The van der Waals surface area contributed by atoms with E-state index in [0.717, 1.165) is 5.56 Å². The molecule has 1 N–H and O–H groups in total. The lowest BCUT2D eigenvalue weighted by molar-refractivity contribution is 0.0943. The first-order valence-corrected chi connectivity index (χ1v) is 6.02. The maximum Gasteiger partial charge on any atom is 0.254 e. The highest BCUT2D eigenvalue weighted by atomic mass is 16.1. The number of rotatable bonds is 4. The average molecular weight is 243 g/mol. The Labute approximate surface area is 107 Å². The Hall–Kier alpha value is -2.10. The van der Waals surface area contributed by atoms with E-state index in [4.69, 9.17) is 0 Å². The molecule has 18 heavy (non-hydrogen) atoms. The second kappa shape index (κ2) is 5.49. The zero-order valence-electron chi connectivity index (χ0n) is 10.6. The molecular weight excluding hydrogens is 226 g/mol. The third kappa shape index (κ3) is 3.20. The van der Waals surface area contributed by atoms with Crippen molar-refractivity contribution < 1.29 is 4.79 Å². The molecule has 0 bridgehead atoms. The van der Waals surface area contributed by atoms with Crippen molar-refractivity contribution in [1.82, 2.24) is 15.1 Å². The van der Waals surface area contributed by atoms with E-state index in [-0.39, 0.29) is 11.9 Å². The minimum absolute atomic E-state index is 0.0793. The quantitative estimate of drug-likeness (QED) is 0.893. The largest absolute Gasteiger partial charge is 0.350 e. The van der Waals surface area contributed by atoms with Gasteiger partial charge in [0.25, 0.3) is 5.91 Å². The molecular formula is C14H17N3O. The van der Waals surface area contributed by atoms with Crippen LogP contribution < -0.4 is 5.32 Å². The third-order valence-electron chi connectivity index (χ3n) is 2.50. The minimum atomic E-state index is -0.0793. The molecule has 1 heterocycles. The van der Waals surface area contributed by atoms with Crippen LogP contribution in [0.3, 0.4) is 0 Å². The topological polar surface area (TPSA) is 46.9 Å². The number of nitrogens with one attached hydrogen (secondary N) is 1. The molecule has 0 aliphatic carbocycles. The fourth-order valence-corrected chi connectivity index (χ4v) is 1.68. The summed E-state index contributed by atoms with van der Waals surface area (Å²) in [6, 6.07) is 10.2. The summed E-state index contributed by atoms with van der Waals surface area (Å²) in [7, 11) is 0. The van der Waals surface area contributed by atoms with Gasteiger partial charge >= 0.3 is 0 Å². The number of hydrogen-bond donors (Lipinski definition) is 1. The van der Waals surface area contributed by atoms with Crippen LogP contribution in [0.4, 0.5) is 0 Å². The average Bonchev–Trinajstić information content (AvgIpc) is 2.78. The molecule has 0 aliphatic rings. The molecule has 1 aromatic carbocycles. The lowest BCUT2D eigenvalue weighted by Gasteiger charge is -2.05. The van der Waals surface area contributed by atoms with Gasteiger partial charge in [-0.25, -0.2) is 0 Å². The summed E-state index contributed by atoms with van der Waals surface area (Å²) in [5.74, 6) is -0.0793. The summed E-state index contributed by atoms with van der Waals surface area (Å²) >= 11 is 0. The molecule has 0 aliphatic heterocycles. The first-order valence-electron chi connectivity index (χ1n) is 6.02. The fraction of sp³-hybridized carbons (Fsp3) is 0.286. The summed E-state index contributed by atoms with van der Waals surface area (Å²) in [6.45, 7) is 4.55. The van der Waals surface area contributed by atoms with Gasteiger partial charge in [0.05, 0.1) is 18.3 Å². The van der Waals surface area contributed by atoms with Crippen LogP contribution in [0.15, 0.2) is 42.7 Å². The van der Waals surface area contributed by atoms with Gasteiger partial charge in [-0.1, -0.05) is 30.3 Å². The maximum atomic E-state index is 11.8. The van der Waals surface area contributed by atoms with Crippen LogP contribution in [0.25, 0.3) is 0 Å². The molecule has 2 rings (SSSR count). The smallest absolute Gasteiger partial charge is 0.254 e. The third-order valence-corrected chi connectivity index (χ3v) is 2.50. The van der Waals surface area contributed by atoms with Gasteiger partial charge in [0.15, 0.2) is 0 Å². The summed E-state index contributed by atoms with van der Waals surface area (Å²) in [5.41, 5.74) is 1.76. The Morgan fingerprint density at radius 1 is 1.33 bits per heavy atom. The zero-order chi connectivity index (χ0) is 13.0. The van der Waals surface area contributed by atoms with E-state index < -0.39 is 0 Å². The van der Waals surface area contributed by atoms with E-state index in [1.54, 1.807) is 17.1 Å². The number of carbonyl (C=O) groups excluding carboxylic acids is 1. The molecule has 0 fully saturated rings. The molecule has 0 saturated heterocycles. The van der Waals surface area contributed by atoms with Crippen LogP contribution in [0, 0.1) is 0 Å². The molecule has 0 unspecified atom stereocenters. The van der Waals surface area contributed by atoms with Gasteiger partial charge in [0.2, 0.25) is 0 Å². The standard InChI is InChI=1S/C14H17N3O/c1-11(2)16-14(18)13-8-15-17(10-13)9-12-6-4-3-5-7-12/h3-8,10-11H,9H2,1-2H3,(H,16,18). The van der Waals surface area contributed by atoms with Crippen LogP contribution in [0.5, 0.6) is 0 Å². The Balaban J connectivity index is 2.04. The van der Waals surface area contributed by atoms with Crippen molar-refractivity contribution in [3.63, 3.8) is 0 Å². The summed E-state index contributed by atoms with van der Waals surface area (Å²) in [4.78, 5) is 11.8. The van der Waals surface area contributed by atoms with Crippen molar-refractivity contribution in [2.45, 2.75) is 26.4 Å². The molecule has 0 atom stereocenters. The molecule has 4 heteroatoms. The summed E-state index contributed by atoms with van der Waals surface area (Å²) < 4.78 is 1.77. The van der Waals surface area contributed by atoms with Crippen LogP contribution >= 0.6 is 0 Å². The fourth-order valence-electron chi connectivity index (χ4n) is 1.68. The highest BCUT2D eigenvalue weighted by Crippen LogP contribution is 2.04. The molecule has 0 spiro atoms. The van der Waals surface area contributed by atoms with Gasteiger partial charge in [-0.3, -0.25) is 9.48 Å². The molecule has 0 radical (unpaired) electrons. The molecule has 94 valence electrons. The van der Waals surface area contributed by atoms with Crippen LogP contribution in [0.2, 0.25) is 0 Å². The number of aromatic nitrogens is 2. The highest BCUT2D eigenvalue weighted by Gasteiger charge is 2.09. The summed E-state index contributed by atoms with van der Waals surface area (Å²) in [5, 5.41) is 7.04. The van der Waals surface area contributed by atoms with Crippen LogP contribution in [-0.2, 0) is 6.54 Å². The van der Waals surface area contributed by atoms with Gasteiger partial charge in [-0.2, -0.15) is 5.10 Å². The Morgan fingerprint density at radius 3 is 2.72 bits per heavy atom. The van der Waals surface area contributed by atoms with Crippen molar-refractivity contribution in [2.75, 3.05) is 0 Å². The SMILES string of the molecule is CC(C)NC(=O)c1cnn(Cc2ccccc2)c1. The van der Waals surface area contributed by atoms with E-state index in [2.05, 4.69) is 10.4 Å². The summed E-state index contributed by atoms with van der Waals surface area (Å²) in [6.07, 6.45) is 3.37. The van der Waals surface area contributed by atoms with Crippen molar-refractivity contribution in [2.24, 2.45) is 0 Å². The number of nitrogens with zero attached hydrogens (tertiary/aromatic N) is 2. The molecule has 0 saturated carbocycles. The molecule has 4 nitrogen and oxygen atoms in total. The van der Waals surface area contributed by atoms with Gasteiger partial charge in [-0.15, -0.1) is 0 Å². The molecule has 2 aromatic rings. The van der Waals surface area contributed by atoms with Crippen molar-refractivity contribution in [1.29, 1.82) is 0 Å². The monoisotopic (exact) mass is 243 g/mol. The van der Waals surface area contributed by atoms with Crippen LogP contribution in [-0.4, -0.2) is 21.7 Å². The Bertz CT molecular complexity index is 517. The van der Waals surface area contributed by atoms with E-state index in [9.17, 15) is 4.79 Å². The van der Waals surface area contributed by atoms with Gasteiger partial charge in [0, 0.05) is 12.2 Å². The number of amides is 1. The van der Waals surface area contributed by atoms with Crippen molar-refractivity contribution in [3.05, 3.63) is 53.9 Å². The highest BCUT2D eigenvalue weighted by molar-refractivity contribution is 5.93. The number of carbonyl (C=O) groups is 1. The lowest BCUT2D eigenvalue weighted by atomic mass is 10.2. The van der Waals surface area contributed by atoms with E-state index in [0.29, 0.717) is 12.1 Å². The lowest BCUT2D eigenvalue weighted by Crippen LogP contribution is -2.29. The van der Waals surface area contributed by atoms with Gasteiger partial charge in [-0.05, 0) is 19.4 Å². The van der Waals surface area contributed by atoms with Gasteiger partial charge < -0.3 is 5.32 Å². The first-order chi connectivity index (χ1) is 8.65. The maximum absolute atomic E-state index is 11.8. The van der Waals surface area contributed by atoms with E-state index in [1.165, 1.54) is 0 Å². The van der Waals surface area contributed by atoms with Gasteiger partial charge in [0.1, 0.15) is 0 Å². The Morgan fingerprint density at radius 2 is 2.06 bits per heavy atom. The predicted molar refractivity (Wildman–Crippen MR) is 70.4 cm³/mol. The second-order valence-electron chi connectivity index (χ2n) is 4.54. The first kappa shape index (κ1) is 12.4. The minimum Gasteiger partial charge on any atom is -0.350 e. The normalized spacial score (nSPS) is 10.6. The van der Waals surface area contributed by atoms with Crippen molar-refractivity contribution >= 4 is 5.91 Å². The van der Waals surface area contributed by atoms with E-state index in [1.807, 2.05) is 44.2 Å². The van der Waals surface area contributed by atoms with Crippen molar-refractivity contribution in [3.8, 4) is 0 Å². The van der Waals surface area contributed by atoms with E-state index >= 15 is 0 Å². The molecule has 1 amide bonds. The Kier molecular flexibility index (Phi) is 3.77. The number of hydrogen-bond acceptors (Lipinski definition) is 2. The number of benzene rings is 1. The second-order valence-corrected chi connectivity index (χ2v) is 4.54. The molecule has 1 aromatic heterocycles. The zero-order valence-corrected chi connectivity index (χ0v) is 10.6. The predicted octanol–water partition coefficient (Wildman–Crippen LogP) is 2.07.